The van der Waals surface area contributed by atoms with Crippen LogP contribution in [0.1, 0.15) is 43.2 Å². The fraction of sp³-hybridized carbons (Fsp3) is 0.169. The van der Waals surface area contributed by atoms with Crippen LogP contribution in [0.15, 0.2) is 194 Å². The summed E-state index contributed by atoms with van der Waals surface area (Å²) < 4.78 is 0. The highest BCUT2D eigenvalue weighted by molar-refractivity contribution is 6.05. The summed E-state index contributed by atoms with van der Waals surface area (Å²) in [7, 11) is 0. The maximum atomic E-state index is 5.23. The molecule has 4 heteroatoms. The molecular formula is C59H46N4. The standard InChI is InChI=1S/C59H46N4/c1-4-14-40(15-5-1)41-24-26-43(27-25-41)57-60-56(42-16-6-2-7-17-42)61-58(62-57)51-30-29-48(49-20-10-11-21-50(49)51)44-28-31-53-55(37-44)63(47-18-8-3-9-19-47)54-23-13-12-22-52(54)59(53)45-33-38-32-39(35-45)36-46(59)34-38/h1-31,37-39,45-46H,32-36H2. The largest absolute Gasteiger partial charge is 0.310 e. The van der Waals surface area contributed by atoms with Crippen LogP contribution in [-0.4, -0.2) is 15.0 Å². The fourth-order valence-electron chi connectivity index (χ4n) is 12.7. The van der Waals surface area contributed by atoms with Crippen molar-refractivity contribution >= 4 is 27.8 Å². The van der Waals surface area contributed by atoms with Gasteiger partial charge in [-0.3, -0.25) is 0 Å². The lowest BCUT2D eigenvalue weighted by Gasteiger charge is -2.64. The molecule has 8 aromatic carbocycles. The van der Waals surface area contributed by atoms with Crippen molar-refractivity contribution < 1.29 is 0 Å². The predicted molar refractivity (Wildman–Crippen MR) is 257 cm³/mol. The lowest BCUT2D eigenvalue weighted by molar-refractivity contribution is -0.0419. The summed E-state index contributed by atoms with van der Waals surface area (Å²) in [6, 6.07) is 70.5. The molecule has 4 saturated carbocycles. The Morgan fingerprint density at radius 1 is 0.365 bits per heavy atom. The molecule has 302 valence electrons. The van der Waals surface area contributed by atoms with Crippen LogP contribution in [0.3, 0.4) is 0 Å². The quantitative estimate of drug-likeness (QED) is 0.168. The van der Waals surface area contributed by atoms with E-state index in [1.165, 1.54) is 82.4 Å². The number of aromatic nitrogens is 3. The average Bonchev–Trinajstić information content (AvgIpc) is 3.35. The van der Waals surface area contributed by atoms with Crippen molar-refractivity contribution in [3.05, 3.63) is 205 Å². The SMILES string of the molecule is c1ccc(-c2ccc(-c3nc(-c4ccccc4)nc(-c4ccc(-c5ccc6c(c5)N(c5ccccc5)c5ccccc5C65C6CC7CC(C6)CC5C7)c5ccccc45)n3)cc2)cc1. The molecule has 2 heterocycles. The smallest absolute Gasteiger partial charge is 0.164 e. The summed E-state index contributed by atoms with van der Waals surface area (Å²) in [5, 5.41) is 2.29. The third-order valence-electron chi connectivity index (χ3n) is 15.1. The van der Waals surface area contributed by atoms with Crippen molar-refractivity contribution in [1.29, 1.82) is 0 Å². The molecular weight excluding hydrogens is 765 g/mol. The molecule has 4 bridgehead atoms. The highest BCUT2D eigenvalue weighted by atomic mass is 15.2. The third kappa shape index (κ3) is 5.77. The Morgan fingerprint density at radius 2 is 0.841 bits per heavy atom. The van der Waals surface area contributed by atoms with Crippen molar-refractivity contribution in [1.82, 2.24) is 15.0 Å². The van der Waals surface area contributed by atoms with E-state index >= 15 is 0 Å². The second kappa shape index (κ2) is 14.5. The number of anilines is 3. The number of benzene rings is 8. The van der Waals surface area contributed by atoms with Gasteiger partial charge in [0, 0.05) is 27.8 Å². The summed E-state index contributed by atoms with van der Waals surface area (Å²) in [6.07, 6.45) is 6.85. The van der Waals surface area contributed by atoms with Gasteiger partial charge in [0.15, 0.2) is 17.5 Å². The van der Waals surface area contributed by atoms with Crippen molar-refractivity contribution in [2.24, 2.45) is 23.7 Å². The molecule has 9 aromatic rings. The van der Waals surface area contributed by atoms with Gasteiger partial charge in [-0.15, -0.1) is 0 Å². The van der Waals surface area contributed by atoms with Crippen LogP contribution in [0, 0.1) is 23.7 Å². The summed E-state index contributed by atoms with van der Waals surface area (Å²) in [5.41, 5.74) is 14.6. The maximum absolute atomic E-state index is 5.23. The number of nitrogens with zero attached hydrogens (tertiary/aromatic N) is 4. The number of hydrogen-bond donors (Lipinski definition) is 0. The van der Waals surface area contributed by atoms with E-state index < -0.39 is 0 Å². The molecule has 4 aliphatic carbocycles. The molecule has 4 nitrogen and oxygen atoms in total. The zero-order chi connectivity index (χ0) is 41.5. The topological polar surface area (TPSA) is 41.9 Å². The van der Waals surface area contributed by atoms with E-state index in [9.17, 15) is 0 Å². The van der Waals surface area contributed by atoms with Crippen molar-refractivity contribution in [3.8, 4) is 56.4 Å². The zero-order valence-corrected chi connectivity index (χ0v) is 35.1. The van der Waals surface area contributed by atoms with Crippen LogP contribution in [0.5, 0.6) is 0 Å². The van der Waals surface area contributed by atoms with Gasteiger partial charge in [0.2, 0.25) is 0 Å². The Balaban J connectivity index is 0.970. The average molecular weight is 811 g/mol. The maximum Gasteiger partial charge on any atom is 0.164 e. The minimum Gasteiger partial charge on any atom is -0.310 e. The van der Waals surface area contributed by atoms with Gasteiger partial charge in [-0.2, -0.15) is 0 Å². The molecule has 0 saturated heterocycles. The first-order chi connectivity index (χ1) is 31.2. The molecule has 0 amide bonds. The normalized spacial score (nSPS) is 21.7. The van der Waals surface area contributed by atoms with E-state index in [1.54, 1.807) is 0 Å². The van der Waals surface area contributed by atoms with Gasteiger partial charge in [-0.1, -0.05) is 164 Å². The Hall–Kier alpha value is -7.17. The lowest BCUT2D eigenvalue weighted by atomic mass is 9.41. The van der Waals surface area contributed by atoms with Gasteiger partial charge < -0.3 is 4.90 Å². The number of para-hydroxylation sites is 2. The number of hydrogen-bond acceptors (Lipinski definition) is 4. The van der Waals surface area contributed by atoms with E-state index in [0.717, 1.165) is 39.5 Å². The van der Waals surface area contributed by atoms with Crippen LogP contribution >= 0.6 is 0 Å². The predicted octanol–water partition coefficient (Wildman–Crippen LogP) is 14.9. The first-order valence-corrected chi connectivity index (χ1v) is 22.8. The van der Waals surface area contributed by atoms with Crippen LogP contribution in [0.25, 0.3) is 67.2 Å². The van der Waals surface area contributed by atoms with E-state index in [1.807, 2.05) is 24.3 Å². The Labute approximate surface area is 369 Å². The van der Waals surface area contributed by atoms with Crippen molar-refractivity contribution in [2.75, 3.05) is 4.90 Å². The van der Waals surface area contributed by atoms with Gasteiger partial charge in [0.1, 0.15) is 0 Å². The molecule has 1 aromatic heterocycles. The molecule has 14 rings (SSSR count). The van der Waals surface area contributed by atoms with Crippen LogP contribution in [0.4, 0.5) is 17.1 Å². The highest BCUT2D eigenvalue weighted by Gasteiger charge is 2.61. The number of fused-ring (bicyclic) bond motifs is 3. The van der Waals surface area contributed by atoms with Crippen molar-refractivity contribution in [3.63, 3.8) is 0 Å². The van der Waals surface area contributed by atoms with Crippen LogP contribution < -0.4 is 4.90 Å². The molecule has 1 aliphatic heterocycles. The zero-order valence-electron chi connectivity index (χ0n) is 35.1. The number of rotatable bonds is 6. The highest BCUT2D eigenvalue weighted by Crippen LogP contribution is 2.69. The molecule has 63 heavy (non-hydrogen) atoms. The lowest BCUT2D eigenvalue weighted by Crippen LogP contribution is -2.57. The van der Waals surface area contributed by atoms with E-state index in [0.29, 0.717) is 29.3 Å². The summed E-state index contributed by atoms with van der Waals surface area (Å²) >= 11 is 0. The van der Waals surface area contributed by atoms with E-state index in [-0.39, 0.29) is 5.41 Å². The molecule has 0 N–H and O–H groups in total. The summed E-state index contributed by atoms with van der Waals surface area (Å²) in [4.78, 5) is 18.1. The molecule has 0 unspecified atom stereocenters. The summed E-state index contributed by atoms with van der Waals surface area (Å²) in [6.45, 7) is 0. The van der Waals surface area contributed by atoms with Crippen LogP contribution in [0.2, 0.25) is 0 Å². The van der Waals surface area contributed by atoms with Crippen molar-refractivity contribution in [2.45, 2.75) is 37.5 Å². The van der Waals surface area contributed by atoms with Gasteiger partial charge in [0.25, 0.3) is 0 Å². The van der Waals surface area contributed by atoms with Gasteiger partial charge in [0.05, 0.1) is 11.4 Å². The van der Waals surface area contributed by atoms with Gasteiger partial charge in [-0.25, -0.2) is 15.0 Å². The molecule has 4 fully saturated rings. The monoisotopic (exact) mass is 810 g/mol. The fourth-order valence-corrected chi connectivity index (χ4v) is 12.7. The second-order valence-electron chi connectivity index (χ2n) is 18.4. The van der Waals surface area contributed by atoms with E-state index in [4.69, 9.17) is 15.0 Å². The van der Waals surface area contributed by atoms with Crippen LogP contribution in [-0.2, 0) is 5.41 Å². The molecule has 1 spiro atoms. The minimum atomic E-state index is 0.0315. The van der Waals surface area contributed by atoms with Gasteiger partial charge in [-0.05, 0) is 130 Å². The molecule has 0 radical (unpaired) electrons. The van der Waals surface area contributed by atoms with E-state index in [2.05, 4.69) is 175 Å². The van der Waals surface area contributed by atoms with Gasteiger partial charge >= 0.3 is 0 Å². The second-order valence-corrected chi connectivity index (χ2v) is 18.4. The Bertz CT molecular complexity index is 3150. The first kappa shape index (κ1) is 36.5. The third-order valence-corrected chi connectivity index (χ3v) is 15.1. The first-order valence-electron chi connectivity index (χ1n) is 22.8. The Kier molecular flexibility index (Phi) is 8.37. The molecule has 0 atom stereocenters. The summed E-state index contributed by atoms with van der Waals surface area (Å²) in [5.74, 6) is 5.08. The minimum absolute atomic E-state index is 0.0315. The Morgan fingerprint density at radius 3 is 1.52 bits per heavy atom. The molecule has 5 aliphatic rings.